The molecule has 0 heterocycles. The van der Waals surface area contributed by atoms with E-state index in [4.69, 9.17) is 0 Å². The number of unbranched alkanes of at least 4 members (excludes halogenated alkanes) is 5. The van der Waals surface area contributed by atoms with Crippen molar-refractivity contribution in [3.8, 4) is 0 Å². The van der Waals surface area contributed by atoms with Gasteiger partial charge in [0.05, 0.1) is 0 Å². The van der Waals surface area contributed by atoms with E-state index in [0.717, 1.165) is 22.9 Å². The van der Waals surface area contributed by atoms with Crippen LogP contribution in [0.2, 0.25) is 0 Å². The lowest BCUT2D eigenvalue weighted by Crippen LogP contribution is -2.27. The maximum Gasteiger partial charge on any atom is 0.124 e. The summed E-state index contributed by atoms with van der Waals surface area (Å²) in [7, 11) is 2.00. The molecule has 0 aliphatic rings. The van der Waals surface area contributed by atoms with Crippen LogP contribution in [0.15, 0.2) is 22.7 Å². The van der Waals surface area contributed by atoms with Crippen molar-refractivity contribution in [3.05, 3.63) is 34.1 Å². The lowest BCUT2D eigenvalue weighted by atomic mass is 9.99. The van der Waals surface area contributed by atoms with Gasteiger partial charge < -0.3 is 5.32 Å². The van der Waals surface area contributed by atoms with E-state index in [2.05, 4.69) is 28.2 Å². The Morgan fingerprint density at radius 2 is 1.80 bits per heavy atom. The van der Waals surface area contributed by atoms with E-state index >= 15 is 0 Å². The first-order chi connectivity index (χ1) is 9.65. The zero-order valence-corrected chi connectivity index (χ0v) is 14.3. The average molecular weight is 344 g/mol. The lowest BCUT2D eigenvalue weighted by Gasteiger charge is -2.16. The highest BCUT2D eigenvalue weighted by Gasteiger charge is 2.08. The normalized spacial score (nSPS) is 12.6. The van der Waals surface area contributed by atoms with Crippen LogP contribution in [0.4, 0.5) is 4.39 Å². The van der Waals surface area contributed by atoms with Gasteiger partial charge in [-0.2, -0.15) is 0 Å². The molecule has 0 fully saturated rings. The minimum atomic E-state index is -0.163. The zero-order valence-electron chi connectivity index (χ0n) is 12.7. The Bertz CT molecular complexity index is 361. The van der Waals surface area contributed by atoms with Crippen molar-refractivity contribution >= 4 is 15.9 Å². The summed E-state index contributed by atoms with van der Waals surface area (Å²) in [6.45, 7) is 2.24. The smallest absolute Gasteiger partial charge is 0.124 e. The molecule has 0 radical (unpaired) electrons. The third kappa shape index (κ3) is 7.39. The fraction of sp³-hybridized carbons (Fsp3) is 0.647. The molecule has 1 aromatic carbocycles. The molecule has 0 spiro atoms. The number of hydrogen-bond acceptors (Lipinski definition) is 1. The molecule has 0 aliphatic heterocycles. The third-order valence-electron chi connectivity index (χ3n) is 3.72. The fourth-order valence-electron chi connectivity index (χ4n) is 2.53. The fourth-order valence-corrected chi connectivity index (χ4v) is 3.05. The number of rotatable bonds is 10. The molecule has 0 saturated heterocycles. The average Bonchev–Trinajstić information content (AvgIpc) is 2.40. The van der Waals surface area contributed by atoms with Crippen molar-refractivity contribution in [1.29, 1.82) is 0 Å². The second-order valence-electron chi connectivity index (χ2n) is 5.52. The molecule has 0 aromatic heterocycles. The Balaban J connectivity index is 2.31. The van der Waals surface area contributed by atoms with Gasteiger partial charge in [0.2, 0.25) is 0 Å². The van der Waals surface area contributed by atoms with Crippen molar-refractivity contribution in [1.82, 2.24) is 5.32 Å². The summed E-state index contributed by atoms with van der Waals surface area (Å²) < 4.78 is 14.2. The van der Waals surface area contributed by atoms with Gasteiger partial charge in [-0.3, -0.25) is 0 Å². The summed E-state index contributed by atoms with van der Waals surface area (Å²) in [5.41, 5.74) is 1.06. The predicted octanol–water partition coefficient (Wildman–Crippen LogP) is 5.47. The van der Waals surface area contributed by atoms with E-state index in [1.807, 2.05) is 13.1 Å². The highest BCUT2D eigenvalue weighted by atomic mass is 79.9. The predicted molar refractivity (Wildman–Crippen MR) is 88.6 cm³/mol. The van der Waals surface area contributed by atoms with E-state index in [9.17, 15) is 4.39 Å². The van der Waals surface area contributed by atoms with Crippen LogP contribution in [0, 0.1) is 5.82 Å². The summed E-state index contributed by atoms with van der Waals surface area (Å²) in [4.78, 5) is 0. The van der Waals surface area contributed by atoms with E-state index in [1.54, 1.807) is 6.07 Å². The van der Waals surface area contributed by atoms with Crippen LogP contribution in [0.1, 0.15) is 57.4 Å². The molecule has 0 aliphatic carbocycles. The molecule has 1 aromatic rings. The summed E-state index contributed by atoms with van der Waals surface area (Å²) in [6, 6.07) is 5.59. The van der Waals surface area contributed by atoms with E-state index in [-0.39, 0.29) is 5.82 Å². The van der Waals surface area contributed by atoms with Gasteiger partial charge in [-0.25, -0.2) is 4.39 Å². The molecule has 114 valence electrons. The molecule has 1 atom stereocenters. The SMILES string of the molecule is CCCCCCCCC(Cc1cc(F)cc(Br)c1)NC. The molecule has 1 nitrogen and oxygen atoms in total. The van der Waals surface area contributed by atoms with Gasteiger partial charge >= 0.3 is 0 Å². The maximum absolute atomic E-state index is 13.4. The van der Waals surface area contributed by atoms with E-state index < -0.39 is 0 Å². The molecule has 1 rings (SSSR count). The molecule has 20 heavy (non-hydrogen) atoms. The van der Waals surface area contributed by atoms with Crippen molar-refractivity contribution < 1.29 is 4.39 Å². The number of hydrogen-bond donors (Lipinski definition) is 1. The topological polar surface area (TPSA) is 12.0 Å². The van der Waals surface area contributed by atoms with Crippen molar-refractivity contribution in [2.45, 2.75) is 64.3 Å². The minimum absolute atomic E-state index is 0.163. The monoisotopic (exact) mass is 343 g/mol. The molecule has 0 amide bonds. The van der Waals surface area contributed by atoms with Crippen LogP contribution in [0.5, 0.6) is 0 Å². The summed E-state index contributed by atoms with van der Waals surface area (Å²) >= 11 is 3.35. The zero-order chi connectivity index (χ0) is 14.8. The summed E-state index contributed by atoms with van der Waals surface area (Å²) in [6.07, 6.45) is 9.98. The highest BCUT2D eigenvalue weighted by molar-refractivity contribution is 9.10. The van der Waals surface area contributed by atoms with Crippen molar-refractivity contribution in [2.24, 2.45) is 0 Å². The largest absolute Gasteiger partial charge is 0.317 e. The molecule has 1 N–H and O–H groups in total. The van der Waals surface area contributed by atoms with Crippen LogP contribution in [-0.4, -0.2) is 13.1 Å². The van der Waals surface area contributed by atoms with Crippen LogP contribution in [-0.2, 0) is 6.42 Å². The minimum Gasteiger partial charge on any atom is -0.317 e. The number of likely N-dealkylation sites (N-methyl/N-ethyl adjacent to an activating group) is 1. The van der Waals surface area contributed by atoms with Gasteiger partial charge in [-0.15, -0.1) is 0 Å². The highest BCUT2D eigenvalue weighted by Crippen LogP contribution is 2.18. The molecule has 0 bridgehead atoms. The molecule has 3 heteroatoms. The Labute approximate surface area is 131 Å². The maximum atomic E-state index is 13.4. The van der Waals surface area contributed by atoms with Crippen molar-refractivity contribution in [2.75, 3.05) is 7.05 Å². The molecule has 1 unspecified atom stereocenters. The van der Waals surface area contributed by atoms with Crippen LogP contribution in [0.25, 0.3) is 0 Å². The number of halogens is 2. The first-order valence-electron chi connectivity index (χ1n) is 7.78. The first kappa shape index (κ1) is 17.6. The molecular formula is C17H27BrFN. The number of benzene rings is 1. The van der Waals surface area contributed by atoms with Crippen molar-refractivity contribution in [3.63, 3.8) is 0 Å². The van der Waals surface area contributed by atoms with Crippen LogP contribution < -0.4 is 5.32 Å². The van der Waals surface area contributed by atoms with Crippen LogP contribution >= 0.6 is 15.9 Å². The van der Waals surface area contributed by atoms with Gasteiger partial charge in [-0.1, -0.05) is 61.4 Å². The summed E-state index contributed by atoms with van der Waals surface area (Å²) in [5.74, 6) is -0.163. The quantitative estimate of drug-likeness (QED) is 0.555. The van der Waals surface area contributed by atoms with E-state index in [0.29, 0.717) is 6.04 Å². The van der Waals surface area contributed by atoms with E-state index in [1.165, 1.54) is 44.6 Å². The standard InChI is InChI=1S/C17H27BrFN/c1-3-4-5-6-7-8-9-17(20-2)12-14-10-15(18)13-16(19)11-14/h10-11,13,17,20H,3-9,12H2,1-2H3. The molecule has 0 saturated carbocycles. The second kappa shape index (κ2) is 10.3. The van der Waals surface area contributed by atoms with Gasteiger partial charge in [0.15, 0.2) is 0 Å². The first-order valence-corrected chi connectivity index (χ1v) is 8.57. The van der Waals surface area contributed by atoms with Gasteiger partial charge in [-0.05, 0) is 43.7 Å². The van der Waals surface area contributed by atoms with Gasteiger partial charge in [0, 0.05) is 10.5 Å². The molecular weight excluding hydrogens is 317 g/mol. The Morgan fingerprint density at radius 1 is 1.10 bits per heavy atom. The third-order valence-corrected chi connectivity index (χ3v) is 4.18. The second-order valence-corrected chi connectivity index (χ2v) is 6.44. The van der Waals surface area contributed by atoms with Crippen LogP contribution in [0.3, 0.4) is 0 Å². The Kier molecular flexibility index (Phi) is 9.12. The summed E-state index contributed by atoms with van der Waals surface area (Å²) in [5, 5.41) is 3.35. The van der Waals surface area contributed by atoms with Gasteiger partial charge in [0.25, 0.3) is 0 Å². The Morgan fingerprint density at radius 3 is 2.45 bits per heavy atom. The lowest BCUT2D eigenvalue weighted by molar-refractivity contribution is 0.479. The Hall–Kier alpha value is -0.410. The number of nitrogens with one attached hydrogen (secondary N) is 1. The van der Waals surface area contributed by atoms with Gasteiger partial charge in [0.1, 0.15) is 5.82 Å².